The van der Waals surface area contributed by atoms with Crippen LogP contribution < -0.4 is 5.32 Å². The van der Waals surface area contributed by atoms with Crippen molar-refractivity contribution in [3.63, 3.8) is 0 Å². The minimum absolute atomic E-state index is 0.267. The molecule has 0 saturated heterocycles. The number of hydrogen-bond donors (Lipinski definition) is 1. The van der Waals surface area contributed by atoms with Gasteiger partial charge in [-0.1, -0.05) is 6.42 Å². The first-order valence-electron chi connectivity index (χ1n) is 6.97. The molecule has 0 amide bonds. The molecule has 2 rings (SSSR count). The lowest BCUT2D eigenvalue weighted by atomic mass is 9.90. The summed E-state index contributed by atoms with van der Waals surface area (Å²) in [5.74, 6) is 0. The smallest absolute Gasteiger partial charge is 0.108 e. The highest BCUT2D eigenvalue weighted by Gasteiger charge is 2.42. The summed E-state index contributed by atoms with van der Waals surface area (Å²) in [6, 6.07) is 4.31. The van der Waals surface area contributed by atoms with Gasteiger partial charge in [0.15, 0.2) is 0 Å². The van der Waals surface area contributed by atoms with Crippen LogP contribution in [0, 0.1) is 11.3 Å². The van der Waals surface area contributed by atoms with Crippen molar-refractivity contribution in [3.8, 4) is 6.07 Å². The molecule has 2 fully saturated rings. The lowest BCUT2D eigenvalue weighted by Gasteiger charge is -2.39. The Hall–Kier alpha value is -0.590. The average Bonchev–Trinajstić information content (AvgIpc) is 2.59. The Bertz CT molecular complexity index is 303. The standard InChI is InChI=1S/C14H25N3/c1-11(2)16-14(10-15)8-7-13(9-14)17(3)12-5-4-6-12/h11-13,16H,4-9H2,1-3H3. The van der Waals surface area contributed by atoms with Gasteiger partial charge in [0.25, 0.3) is 0 Å². The van der Waals surface area contributed by atoms with Crippen molar-refractivity contribution in [1.82, 2.24) is 10.2 Å². The summed E-state index contributed by atoms with van der Waals surface area (Å²) in [5.41, 5.74) is -0.267. The van der Waals surface area contributed by atoms with Crippen molar-refractivity contribution in [2.45, 2.75) is 76.0 Å². The van der Waals surface area contributed by atoms with Crippen LogP contribution in [0.15, 0.2) is 0 Å². The number of nitrogens with zero attached hydrogens (tertiary/aromatic N) is 2. The van der Waals surface area contributed by atoms with E-state index in [4.69, 9.17) is 0 Å². The molecule has 96 valence electrons. The number of rotatable bonds is 4. The van der Waals surface area contributed by atoms with Gasteiger partial charge in [-0.2, -0.15) is 5.26 Å². The first-order valence-corrected chi connectivity index (χ1v) is 6.97. The van der Waals surface area contributed by atoms with Gasteiger partial charge in [-0.3, -0.25) is 5.32 Å². The summed E-state index contributed by atoms with van der Waals surface area (Å²) in [5, 5.41) is 12.9. The zero-order valence-corrected chi connectivity index (χ0v) is 11.4. The second-order valence-corrected chi connectivity index (χ2v) is 6.14. The van der Waals surface area contributed by atoms with Crippen LogP contribution in [0.1, 0.15) is 52.4 Å². The van der Waals surface area contributed by atoms with E-state index in [0.717, 1.165) is 18.9 Å². The molecule has 0 aliphatic heterocycles. The van der Waals surface area contributed by atoms with Gasteiger partial charge in [0, 0.05) is 18.1 Å². The maximum absolute atomic E-state index is 9.44. The molecule has 3 nitrogen and oxygen atoms in total. The van der Waals surface area contributed by atoms with E-state index in [0.29, 0.717) is 12.1 Å². The van der Waals surface area contributed by atoms with E-state index in [-0.39, 0.29) is 5.54 Å². The zero-order chi connectivity index (χ0) is 12.5. The summed E-state index contributed by atoms with van der Waals surface area (Å²) in [7, 11) is 2.25. The molecule has 1 N–H and O–H groups in total. The Balaban J connectivity index is 1.94. The van der Waals surface area contributed by atoms with Crippen LogP contribution in [0.25, 0.3) is 0 Å². The third-order valence-corrected chi connectivity index (χ3v) is 4.49. The first kappa shape index (κ1) is 12.9. The van der Waals surface area contributed by atoms with Crippen LogP contribution in [-0.4, -0.2) is 35.6 Å². The Morgan fingerprint density at radius 2 is 2.00 bits per heavy atom. The van der Waals surface area contributed by atoms with Crippen LogP contribution in [0.4, 0.5) is 0 Å². The molecular formula is C14H25N3. The molecule has 2 unspecified atom stereocenters. The predicted octanol–water partition coefficient (Wildman–Crippen LogP) is 2.28. The van der Waals surface area contributed by atoms with Crippen molar-refractivity contribution in [1.29, 1.82) is 5.26 Å². The van der Waals surface area contributed by atoms with E-state index in [1.807, 2.05) is 0 Å². The zero-order valence-electron chi connectivity index (χ0n) is 11.4. The van der Waals surface area contributed by atoms with Gasteiger partial charge in [-0.25, -0.2) is 0 Å². The van der Waals surface area contributed by atoms with Crippen molar-refractivity contribution in [2.24, 2.45) is 0 Å². The molecule has 0 aromatic heterocycles. The Kier molecular flexibility index (Phi) is 3.75. The molecular weight excluding hydrogens is 210 g/mol. The van der Waals surface area contributed by atoms with E-state index in [9.17, 15) is 5.26 Å². The van der Waals surface area contributed by atoms with Gasteiger partial charge in [0.05, 0.1) is 6.07 Å². The second kappa shape index (κ2) is 4.96. The summed E-state index contributed by atoms with van der Waals surface area (Å²) in [4.78, 5) is 2.53. The number of nitriles is 1. The SMILES string of the molecule is CC(C)NC1(C#N)CCC(N(C)C2CCC2)C1. The summed E-state index contributed by atoms with van der Waals surface area (Å²) in [6.07, 6.45) is 7.25. The summed E-state index contributed by atoms with van der Waals surface area (Å²) in [6.45, 7) is 4.25. The van der Waals surface area contributed by atoms with Gasteiger partial charge in [0.2, 0.25) is 0 Å². The molecule has 0 heterocycles. The van der Waals surface area contributed by atoms with Gasteiger partial charge >= 0.3 is 0 Å². The third kappa shape index (κ3) is 2.64. The highest BCUT2D eigenvalue weighted by molar-refractivity contribution is 5.14. The normalized spacial score (nSPS) is 34.0. The highest BCUT2D eigenvalue weighted by Crippen LogP contribution is 2.36. The van der Waals surface area contributed by atoms with Crippen LogP contribution in [0.2, 0.25) is 0 Å². The fraction of sp³-hybridized carbons (Fsp3) is 0.929. The largest absolute Gasteiger partial charge is 0.300 e. The molecule has 2 saturated carbocycles. The molecule has 17 heavy (non-hydrogen) atoms. The topological polar surface area (TPSA) is 39.1 Å². The first-order chi connectivity index (χ1) is 8.06. The summed E-state index contributed by atoms with van der Waals surface area (Å²) >= 11 is 0. The van der Waals surface area contributed by atoms with Crippen molar-refractivity contribution >= 4 is 0 Å². The van der Waals surface area contributed by atoms with E-state index in [1.165, 1.54) is 25.7 Å². The Labute approximate surface area is 105 Å². The molecule has 0 bridgehead atoms. The molecule has 0 spiro atoms. The number of hydrogen-bond acceptors (Lipinski definition) is 3. The van der Waals surface area contributed by atoms with Crippen molar-refractivity contribution in [2.75, 3.05) is 7.05 Å². The highest BCUT2D eigenvalue weighted by atomic mass is 15.2. The fourth-order valence-corrected chi connectivity index (χ4v) is 3.28. The lowest BCUT2D eigenvalue weighted by Crippen LogP contribution is -2.48. The van der Waals surface area contributed by atoms with Crippen LogP contribution >= 0.6 is 0 Å². The van der Waals surface area contributed by atoms with Crippen LogP contribution in [-0.2, 0) is 0 Å². The fourth-order valence-electron chi connectivity index (χ4n) is 3.28. The molecule has 2 atom stereocenters. The quantitative estimate of drug-likeness (QED) is 0.812. The molecule has 3 heteroatoms. The predicted molar refractivity (Wildman–Crippen MR) is 69.7 cm³/mol. The van der Waals surface area contributed by atoms with E-state index in [1.54, 1.807) is 0 Å². The Morgan fingerprint density at radius 3 is 2.47 bits per heavy atom. The molecule has 2 aliphatic carbocycles. The molecule has 2 aliphatic rings. The molecule has 0 aromatic carbocycles. The lowest BCUT2D eigenvalue weighted by molar-refractivity contribution is 0.109. The minimum Gasteiger partial charge on any atom is -0.300 e. The van der Waals surface area contributed by atoms with E-state index in [2.05, 4.69) is 37.2 Å². The maximum atomic E-state index is 9.44. The van der Waals surface area contributed by atoms with Gasteiger partial charge in [-0.15, -0.1) is 0 Å². The molecule has 0 aromatic rings. The second-order valence-electron chi connectivity index (χ2n) is 6.14. The third-order valence-electron chi connectivity index (χ3n) is 4.49. The van der Waals surface area contributed by atoms with Crippen molar-refractivity contribution < 1.29 is 0 Å². The maximum Gasteiger partial charge on any atom is 0.108 e. The van der Waals surface area contributed by atoms with Crippen LogP contribution in [0.3, 0.4) is 0 Å². The monoisotopic (exact) mass is 235 g/mol. The van der Waals surface area contributed by atoms with Crippen LogP contribution in [0.5, 0.6) is 0 Å². The van der Waals surface area contributed by atoms with Gasteiger partial charge in [-0.05, 0) is 53.0 Å². The van der Waals surface area contributed by atoms with Crippen molar-refractivity contribution in [3.05, 3.63) is 0 Å². The van der Waals surface area contributed by atoms with Gasteiger partial charge in [0.1, 0.15) is 5.54 Å². The number of nitrogens with one attached hydrogen (secondary N) is 1. The van der Waals surface area contributed by atoms with E-state index < -0.39 is 0 Å². The average molecular weight is 235 g/mol. The van der Waals surface area contributed by atoms with Gasteiger partial charge < -0.3 is 4.90 Å². The molecule has 0 radical (unpaired) electrons. The Morgan fingerprint density at radius 1 is 1.29 bits per heavy atom. The summed E-state index contributed by atoms with van der Waals surface area (Å²) < 4.78 is 0. The minimum atomic E-state index is -0.267. The van der Waals surface area contributed by atoms with E-state index >= 15 is 0 Å².